The van der Waals surface area contributed by atoms with Crippen molar-refractivity contribution in [1.29, 1.82) is 0 Å². The number of carbonyl (C=O) groups excluding carboxylic acids is 2. The van der Waals surface area contributed by atoms with Gasteiger partial charge >= 0.3 is 5.97 Å². The van der Waals surface area contributed by atoms with Crippen LogP contribution in [-0.4, -0.2) is 38.5 Å². The fourth-order valence-corrected chi connectivity index (χ4v) is 3.97. The number of nitrogens with zero attached hydrogens (tertiary/aromatic N) is 4. The van der Waals surface area contributed by atoms with Crippen LogP contribution in [0.15, 0.2) is 54.7 Å². The molecule has 9 nitrogen and oxygen atoms in total. The number of carbonyl (C=O) groups is 2. The first kappa shape index (κ1) is 25.3. The van der Waals surface area contributed by atoms with E-state index in [0.29, 0.717) is 39.3 Å². The minimum absolute atomic E-state index is 0.0446. The average Bonchev–Trinajstić information content (AvgIpc) is 3.45. The summed E-state index contributed by atoms with van der Waals surface area (Å²) in [5.41, 5.74) is 3.37. The number of nitrogens with one attached hydrogen (secondary N) is 1. The second kappa shape index (κ2) is 10.8. The molecule has 0 atom stereocenters. The number of amides is 1. The van der Waals surface area contributed by atoms with Crippen molar-refractivity contribution in [1.82, 2.24) is 19.6 Å². The van der Waals surface area contributed by atoms with E-state index in [1.54, 1.807) is 54.2 Å². The van der Waals surface area contributed by atoms with Gasteiger partial charge in [0.2, 0.25) is 0 Å². The predicted octanol–water partition coefficient (Wildman–Crippen LogP) is 5.13. The lowest BCUT2D eigenvalue weighted by Gasteiger charge is -2.10. The van der Waals surface area contributed by atoms with Crippen molar-refractivity contribution < 1.29 is 19.1 Å². The van der Waals surface area contributed by atoms with Crippen molar-refractivity contribution in [2.45, 2.75) is 27.1 Å². The summed E-state index contributed by atoms with van der Waals surface area (Å²) < 4.78 is 13.7. The fraction of sp³-hybridized carbons (Fsp3) is 0.200. The molecule has 2 heterocycles. The summed E-state index contributed by atoms with van der Waals surface area (Å²) in [5.74, 6) is -0.397. The van der Waals surface area contributed by atoms with Crippen LogP contribution in [0.5, 0.6) is 5.75 Å². The van der Waals surface area contributed by atoms with Crippen molar-refractivity contribution >= 4 is 40.8 Å². The molecule has 4 aromatic rings. The van der Waals surface area contributed by atoms with Crippen LogP contribution >= 0.6 is 23.2 Å². The minimum atomic E-state index is -0.419. The van der Waals surface area contributed by atoms with E-state index in [1.165, 1.54) is 11.8 Å². The standard InChI is InChI=1S/C25H23Cl2N5O4/c1-15-23(16(2)32(29-15)13-17-7-4-5-8-18(17)25(34)35-3)28-24(33)20-11-12-31(30-20)14-36-21-10-6-9-19(26)22(21)27/h4-12H,13-14H2,1-3H3,(H,28,33). The van der Waals surface area contributed by atoms with E-state index < -0.39 is 11.9 Å². The highest BCUT2D eigenvalue weighted by atomic mass is 35.5. The topological polar surface area (TPSA) is 100 Å². The Labute approximate surface area is 217 Å². The molecule has 1 amide bonds. The van der Waals surface area contributed by atoms with Crippen molar-refractivity contribution in [3.05, 3.63) is 93.0 Å². The normalized spacial score (nSPS) is 10.8. The van der Waals surface area contributed by atoms with E-state index in [0.717, 1.165) is 11.3 Å². The Kier molecular flexibility index (Phi) is 7.61. The Balaban J connectivity index is 1.45. The number of esters is 1. The number of hydrogen-bond acceptors (Lipinski definition) is 6. The molecule has 2 aromatic heterocycles. The largest absolute Gasteiger partial charge is 0.470 e. The van der Waals surface area contributed by atoms with Gasteiger partial charge in [-0.1, -0.05) is 47.5 Å². The summed E-state index contributed by atoms with van der Waals surface area (Å²) in [5, 5.41) is 12.4. The van der Waals surface area contributed by atoms with Crippen molar-refractivity contribution in [2.75, 3.05) is 12.4 Å². The molecule has 36 heavy (non-hydrogen) atoms. The van der Waals surface area contributed by atoms with Gasteiger partial charge in [-0.25, -0.2) is 9.48 Å². The summed E-state index contributed by atoms with van der Waals surface area (Å²) >= 11 is 12.1. The third kappa shape index (κ3) is 5.37. The van der Waals surface area contributed by atoms with E-state index in [4.69, 9.17) is 32.7 Å². The van der Waals surface area contributed by atoms with Crippen LogP contribution in [-0.2, 0) is 18.0 Å². The summed E-state index contributed by atoms with van der Waals surface area (Å²) in [4.78, 5) is 25.0. The summed E-state index contributed by atoms with van der Waals surface area (Å²) in [6, 6.07) is 13.8. The lowest BCUT2D eigenvalue weighted by Crippen LogP contribution is -2.15. The molecule has 4 rings (SSSR count). The number of aromatic nitrogens is 4. The smallest absolute Gasteiger partial charge is 0.338 e. The molecule has 0 aliphatic heterocycles. The van der Waals surface area contributed by atoms with Gasteiger partial charge in [0, 0.05) is 6.20 Å². The van der Waals surface area contributed by atoms with Crippen molar-refractivity contribution in [3.8, 4) is 5.75 Å². The molecule has 0 bridgehead atoms. The Hall–Kier alpha value is -3.82. The van der Waals surface area contributed by atoms with E-state index >= 15 is 0 Å². The monoisotopic (exact) mass is 527 g/mol. The molecule has 2 aromatic carbocycles. The first-order valence-corrected chi connectivity index (χ1v) is 11.7. The van der Waals surface area contributed by atoms with Crippen LogP contribution in [0.25, 0.3) is 0 Å². The first-order valence-electron chi connectivity index (χ1n) is 10.9. The first-order chi connectivity index (χ1) is 17.3. The third-order valence-corrected chi connectivity index (χ3v) is 6.31. The quantitative estimate of drug-likeness (QED) is 0.319. The molecule has 186 valence electrons. The van der Waals surface area contributed by atoms with Crippen molar-refractivity contribution in [3.63, 3.8) is 0 Å². The number of anilines is 1. The number of methoxy groups -OCH3 is 1. The van der Waals surface area contributed by atoms with Gasteiger partial charge in [0.1, 0.15) is 10.8 Å². The highest BCUT2D eigenvalue weighted by Gasteiger charge is 2.19. The van der Waals surface area contributed by atoms with Crippen LogP contribution in [0.3, 0.4) is 0 Å². The van der Waals surface area contributed by atoms with Crippen molar-refractivity contribution in [2.24, 2.45) is 0 Å². The predicted molar refractivity (Wildman–Crippen MR) is 136 cm³/mol. The lowest BCUT2D eigenvalue weighted by molar-refractivity contribution is 0.0599. The second-order valence-corrected chi connectivity index (χ2v) is 8.66. The molecule has 1 N–H and O–H groups in total. The lowest BCUT2D eigenvalue weighted by atomic mass is 10.1. The Morgan fingerprint density at radius 1 is 1.03 bits per heavy atom. The van der Waals surface area contributed by atoms with Crippen LogP contribution in [0.2, 0.25) is 10.0 Å². The zero-order valence-electron chi connectivity index (χ0n) is 19.8. The molecule has 0 fully saturated rings. The molecule has 0 radical (unpaired) electrons. The van der Waals surface area contributed by atoms with E-state index in [-0.39, 0.29) is 12.4 Å². The van der Waals surface area contributed by atoms with Gasteiger partial charge in [0.15, 0.2) is 12.4 Å². The SMILES string of the molecule is COC(=O)c1ccccc1Cn1nc(C)c(NC(=O)c2ccn(COc3cccc(Cl)c3Cl)n2)c1C. The second-order valence-electron chi connectivity index (χ2n) is 7.87. The number of ether oxygens (including phenoxy) is 2. The molecular formula is C25H23Cl2N5O4. The molecule has 11 heteroatoms. The summed E-state index contributed by atoms with van der Waals surface area (Å²) in [6.07, 6.45) is 1.63. The molecule has 0 saturated carbocycles. The number of benzene rings is 2. The molecule has 0 aliphatic carbocycles. The zero-order chi connectivity index (χ0) is 25.8. The number of aryl methyl sites for hydroxylation is 1. The van der Waals surface area contributed by atoms with Crippen LogP contribution in [0, 0.1) is 13.8 Å². The Morgan fingerprint density at radius 2 is 1.81 bits per heavy atom. The number of hydrogen-bond donors (Lipinski definition) is 1. The van der Waals surface area contributed by atoms with E-state index in [2.05, 4.69) is 15.5 Å². The van der Waals surface area contributed by atoms with Gasteiger partial charge in [0.05, 0.1) is 41.3 Å². The molecular weight excluding hydrogens is 505 g/mol. The molecule has 0 unspecified atom stereocenters. The maximum Gasteiger partial charge on any atom is 0.338 e. The molecule has 0 aliphatic rings. The van der Waals surface area contributed by atoms with E-state index in [9.17, 15) is 9.59 Å². The van der Waals surface area contributed by atoms with Gasteiger partial charge < -0.3 is 14.8 Å². The number of rotatable bonds is 8. The highest BCUT2D eigenvalue weighted by Crippen LogP contribution is 2.31. The van der Waals surface area contributed by atoms with E-state index in [1.807, 2.05) is 19.1 Å². The van der Waals surface area contributed by atoms with Gasteiger partial charge in [-0.05, 0) is 43.7 Å². The fourth-order valence-electron chi connectivity index (χ4n) is 3.62. The third-order valence-electron chi connectivity index (χ3n) is 5.50. The Morgan fingerprint density at radius 3 is 2.58 bits per heavy atom. The zero-order valence-corrected chi connectivity index (χ0v) is 21.3. The van der Waals surface area contributed by atoms with Gasteiger partial charge in [-0.2, -0.15) is 10.2 Å². The minimum Gasteiger partial charge on any atom is -0.470 e. The van der Waals surface area contributed by atoms with Crippen LogP contribution < -0.4 is 10.1 Å². The van der Waals surface area contributed by atoms with Gasteiger partial charge in [0.25, 0.3) is 5.91 Å². The average molecular weight is 528 g/mol. The summed E-state index contributed by atoms with van der Waals surface area (Å²) in [7, 11) is 1.34. The van der Waals surface area contributed by atoms with Gasteiger partial charge in [-0.3, -0.25) is 9.48 Å². The summed E-state index contributed by atoms with van der Waals surface area (Å²) in [6.45, 7) is 4.03. The van der Waals surface area contributed by atoms with Gasteiger partial charge in [-0.15, -0.1) is 0 Å². The maximum atomic E-state index is 12.9. The highest BCUT2D eigenvalue weighted by molar-refractivity contribution is 6.42. The van der Waals surface area contributed by atoms with Crippen LogP contribution in [0.1, 0.15) is 37.8 Å². The maximum absolute atomic E-state index is 12.9. The Bertz CT molecular complexity index is 1430. The molecule has 0 spiro atoms. The van der Waals surface area contributed by atoms with Crippen LogP contribution in [0.4, 0.5) is 5.69 Å². The number of halogens is 2. The molecule has 0 saturated heterocycles.